The lowest BCUT2D eigenvalue weighted by molar-refractivity contribution is 0.157. The van der Waals surface area contributed by atoms with E-state index in [1.165, 1.54) is 37.7 Å². The van der Waals surface area contributed by atoms with Crippen LogP contribution in [0.3, 0.4) is 0 Å². The zero-order valence-electron chi connectivity index (χ0n) is 17.6. The SMILES string of the molecule is CN=C(NCC1(c2ccc3c(c2)OCCO3)CCCC1)N1CCC(COC)C1.I. The maximum absolute atomic E-state index is 5.84. The van der Waals surface area contributed by atoms with Gasteiger partial charge in [0.1, 0.15) is 13.2 Å². The van der Waals surface area contributed by atoms with Crippen LogP contribution in [0.15, 0.2) is 23.2 Å². The number of halogens is 1. The molecular formula is C22H34IN3O3. The summed E-state index contributed by atoms with van der Waals surface area (Å²) in [5.41, 5.74) is 1.49. The number of nitrogens with zero attached hydrogens (tertiary/aromatic N) is 2. The summed E-state index contributed by atoms with van der Waals surface area (Å²) in [6, 6.07) is 6.51. The third-order valence-corrected chi connectivity index (χ3v) is 6.50. The third-order valence-electron chi connectivity index (χ3n) is 6.50. The maximum atomic E-state index is 5.84. The molecule has 1 unspecified atom stereocenters. The summed E-state index contributed by atoms with van der Waals surface area (Å²) in [4.78, 5) is 6.94. The van der Waals surface area contributed by atoms with Crippen molar-refractivity contribution in [1.29, 1.82) is 0 Å². The van der Waals surface area contributed by atoms with E-state index >= 15 is 0 Å². The molecule has 0 spiro atoms. The van der Waals surface area contributed by atoms with Gasteiger partial charge < -0.3 is 24.4 Å². The number of hydrogen-bond donors (Lipinski definition) is 1. The van der Waals surface area contributed by atoms with Gasteiger partial charge in [-0.05, 0) is 37.0 Å². The van der Waals surface area contributed by atoms with Gasteiger partial charge >= 0.3 is 0 Å². The Labute approximate surface area is 191 Å². The first-order valence-electron chi connectivity index (χ1n) is 10.6. The zero-order valence-corrected chi connectivity index (χ0v) is 19.9. The van der Waals surface area contributed by atoms with Crippen molar-refractivity contribution in [1.82, 2.24) is 10.2 Å². The first kappa shape index (κ1) is 22.5. The van der Waals surface area contributed by atoms with E-state index in [1.54, 1.807) is 7.11 Å². The number of nitrogens with one attached hydrogen (secondary N) is 1. The lowest BCUT2D eigenvalue weighted by atomic mass is 9.78. The summed E-state index contributed by atoms with van der Waals surface area (Å²) in [6.07, 6.45) is 6.11. The lowest BCUT2D eigenvalue weighted by Gasteiger charge is -2.33. The fourth-order valence-corrected chi connectivity index (χ4v) is 4.97. The molecule has 162 valence electrons. The number of rotatable bonds is 5. The molecule has 0 radical (unpaired) electrons. The van der Waals surface area contributed by atoms with E-state index in [0.29, 0.717) is 19.1 Å². The van der Waals surface area contributed by atoms with E-state index in [-0.39, 0.29) is 29.4 Å². The van der Waals surface area contributed by atoms with Crippen LogP contribution in [0.5, 0.6) is 11.5 Å². The average Bonchev–Trinajstić information content (AvgIpc) is 3.39. The van der Waals surface area contributed by atoms with E-state index in [9.17, 15) is 0 Å². The molecule has 1 aromatic rings. The Balaban J connectivity index is 0.00000240. The van der Waals surface area contributed by atoms with Crippen molar-refractivity contribution in [2.45, 2.75) is 37.5 Å². The quantitative estimate of drug-likeness (QED) is 0.370. The molecule has 0 amide bonds. The predicted octanol–water partition coefficient (Wildman–Crippen LogP) is 3.43. The fraction of sp³-hybridized carbons (Fsp3) is 0.682. The minimum Gasteiger partial charge on any atom is -0.486 e. The number of likely N-dealkylation sites (tertiary alicyclic amines) is 1. The van der Waals surface area contributed by atoms with E-state index in [1.807, 2.05) is 7.05 Å². The van der Waals surface area contributed by atoms with Crippen molar-refractivity contribution >= 4 is 29.9 Å². The van der Waals surface area contributed by atoms with Crippen LogP contribution in [0, 0.1) is 5.92 Å². The van der Waals surface area contributed by atoms with Gasteiger partial charge in [0.15, 0.2) is 17.5 Å². The van der Waals surface area contributed by atoms with Crippen LogP contribution < -0.4 is 14.8 Å². The molecule has 29 heavy (non-hydrogen) atoms. The third kappa shape index (κ3) is 4.93. The minimum atomic E-state index is 0. The van der Waals surface area contributed by atoms with Gasteiger partial charge in [-0.1, -0.05) is 18.9 Å². The van der Waals surface area contributed by atoms with Gasteiger partial charge in [-0.25, -0.2) is 0 Å². The molecule has 6 nitrogen and oxygen atoms in total. The molecule has 4 rings (SSSR count). The van der Waals surface area contributed by atoms with Gasteiger partial charge in [0.2, 0.25) is 0 Å². The first-order chi connectivity index (χ1) is 13.7. The van der Waals surface area contributed by atoms with Gasteiger partial charge in [0.25, 0.3) is 0 Å². The molecule has 1 aliphatic carbocycles. The number of ether oxygens (including phenoxy) is 3. The monoisotopic (exact) mass is 515 g/mol. The van der Waals surface area contributed by atoms with E-state index < -0.39 is 0 Å². The Morgan fingerprint density at radius 1 is 1.24 bits per heavy atom. The Morgan fingerprint density at radius 3 is 2.72 bits per heavy atom. The smallest absolute Gasteiger partial charge is 0.193 e. The Hall–Kier alpha value is -1.22. The summed E-state index contributed by atoms with van der Waals surface area (Å²) in [6.45, 7) is 5.07. The van der Waals surface area contributed by atoms with Crippen molar-refractivity contribution in [2.24, 2.45) is 10.9 Å². The molecule has 1 N–H and O–H groups in total. The molecular weight excluding hydrogens is 481 g/mol. The predicted molar refractivity (Wildman–Crippen MR) is 126 cm³/mol. The van der Waals surface area contributed by atoms with Gasteiger partial charge in [0.05, 0.1) is 6.61 Å². The van der Waals surface area contributed by atoms with E-state index in [0.717, 1.165) is 43.7 Å². The van der Waals surface area contributed by atoms with Crippen molar-refractivity contribution in [2.75, 3.05) is 53.6 Å². The molecule has 2 fully saturated rings. The highest BCUT2D eigenvalue weighted by molar-refractivity contribution is 14.0. The Morgan fingerprint density at radius 2 is 2.00 bits per heavy atom. The summed E-state index contributed by atoms with van der Waals surface area (Å²) in [7, 11) is 3.67. The van der Waals surface area contributed by atoms with Crippen LogP contribution in [0.2, 0.25) is 0 Å². The Bertz CT molecular complexity index is 707. The molecule has 2 aliphatic heterocycles. The lowest BCUT2D eigenvalue weighted by Crippen LogP contribution is -2.46. The Kier molecular flexibility index (Phi) is 7.90. The van der Waals surface area contributed by atoms with Gasteiger partial charge in [-0.3, -0.25) is 4.99 Å². The van der Waals surface area contributed by atoms with Crippen LogP contribution in [0.25, 0.3) is 0 Å². The number of hydrogen-bond acceptors (Lipinski definition) is 4. The van der Waals surface area contributed by atoms with Crippen molar-refractivity contribution in [3.05, 3.63) is 23.8 Å². The van der Waals surface area contributed by atoms with Crippen molar-refractivity contribution in [3.63, 3.8) is 0 Å². The van der Waals surface area contributed by atoms with Gasteiger partial charge in [0, 0.05) is 45.1 Å². The van der Waals surface area contributed by atoms with Crippen LogP contribution >= 0.6 is 24.0 Å². The second kappa shape index (κ2) is 10.2. The fourth-order valence-electron chi connectivity index (χ4n) is 4.97. The summed E-state index contributed by atoms with van der Waals surface area (Å²) in [5, 5.41) is 3.70. The molecule has 7 heteroatoms. The number of fused-ring (bicyclic) bond motifs is 1. The minimum absolute atomic E-state index is 0. The normalized spacial score (nSPS) is 23.0. The van der Waals surface area contributed by atoms with Crippen LogP contribution in [-0.4, -0.2) is 64.5 Å². The molecule has 2 heterocycles. The molecule has 0 aromatic heterocycles. The second-order valence-corrected chi connectivity index (χ2v) is 8.30. The molecule has 1 saturated carbocycles. The number of guanidine groups is 1. The summed E-state index contributed by atoms with van der Waals surface area (Å²) >= 11 is 0. The zero-order chi connectivity index (χ0) is 19.4. The van der Waals surface area contributed by atoms with E-state index in [2.05, 4.69) is 33.4 Å². The highest BCUT2D eigenvalue weighted by Gasteiger charge is 2.37. The number of methoxy groups -OCH3 is 1. The topological polar surface area (TPSA) is 55.3 Å². The van der Waals surface area contributed by atoms with Crippen LogP contribution in [0.1, 0.15) is 37.7 Å². The van der Waals surface area contributed by atoms with Crippen molar-refractivity contribution < 1.29 is 14.2 Å². The summed E-state index contributed by atoms with van der Waals surface area (Å²) < 4.78 is 16.9. The molecule has 0 bridgehead atoms. The average molecular weight is 515 g/mol. The molecule has 1 atom stereocenters. The summed E-state index contributed by atoms with van der Waals surface area (Å²) in [5.74, 6) is 3.37. The van der Waals surface area contributed by atoms with Crippen LogP contribution in [-0.2, 0) is 10.2 Å². The van der Waals surface area contributed by atoms with E-state index in [4.69, 9.17) is 14.2 Å². The van der Waals surface area contributed by atoms with Gasteiger partial charge in [-0.15, -0.1) is 24.0 Å². The van der Waals surface area contributed by atoms with Gasteiger partial charge in [-0.2, -0.15) is 0 Å². The highest BCUT2D eigenvalue weighted by atomic mass is 127. The number of aliphatic imine (C=N–C) groups is 1. The second-order valence-electron chi connectivity index (χ2n) is 8.30. The number of benzene rings is 1. The first-order valence-corrected chi connectivity index (χ1v) is 10.6. The maximum Gasteiger partial charge on any atom is 0.193 e. The largest absolute Gasteiger partial charge is 0.486 e. The van der Waals surface area contributed by atoms with Crippen LogP contribution in [0.4, 0.5) is 0 Å². The molecule has 1 aromatic carbocycles. The van der Waals surface area contributed by atoms with Crippen molar-refractivity contribution in [3.8, 4) is 11.5 Å². The highest BCUT2D eigenvalue weighted by Crippen LogP contribution is 2.43. The molecule has 3 aliphatic rings. The standard InChI is InChI=1S/C22H33N3O3.HI/c1-23-21(25-10-7-17(14-25)15-26-2)24-16-22(8-3-4-9-22)18-5-6-19-20(13-18)28-12-11-27-19;/h5-6,13,17H,3-4,7-12,14-16H2,1-2H3,(H,23,24);1H. The molecule has 1 saturated heterocycles.